The van der Waals surface area contributed by atoms with E-state index < -0.39 is 0 Å². The average molecular weight is 269 g/mol. The van der Waals surface area contributed by atoms with Crippen molar-refractivity contribution in [2.75, 3.05) is 13.1 Å². The molecule has 0 radical (unpaired) electrons. The third-order valence-corrected chi connectivity index (χ3v) is 3.91. The highest BCUT2D eigenvalue weighted by Gasteiger charge is 2.24. The molecule has 2 aromatic rings. The lowest BCUT2D eigenvalue weighted by Crippen LogP contribution is -2.37. The van der Waals surface area contributed by atoms with E-state index in [-0.39, 0.29) is 5.91 Å². The molecule has 4 heteroatoms. The molecule has 1 aliphatic rings. The maximum absolute atomic E-state index is 11.8. The Morgan fingerprint density at radius 1 is 1.35 bits per heavy atom. The largest absolute Gasteiger partial charge is 0.342 e. The number of hydrogen-bond donors (Lipinski definition) is 1. The van der Waals surface area contributed by atoms with Gasteiger partial charge in [-0.2, -0.15) is 0 Å². The van der Waals surface area contributed by atoms with Crippen molar-refractivity contribution < 1.29 is 4.79 Å². The first-order chi connectivity index (χ1) is 9.78. The minimum absolute atomic E-state index is 0.121. The maximum atomic E-state index is 11.8. The fourth-order valence-electron chi connectivity index (χ4n) is 2.79. The van der Waals surface area contributed by atoms with Crippen LogP contribution in [-0.4, -0.2) is 33.9 Å². The van der Waals surface area contributed by atoms with Crippen molar-refractivity contribution in [1.29, 1.82) is 0 Å². The molecule has 1 amide bonds. The molecule has 0 saturated carbocycles. The third-order valence-electron chi connectivity index (χ3n) is 3.91. The molecular formula is C16H19N3O. The number of carbonyl (C=O) groups is 1. The number of aromatic nitrogens is 2. The maximum Gasteiger partial charge on any atom is 0.246 e. The molecule has 1 aliphatic heterocycles. The van der Waals surface area contributed by atoms with E-state index >= 15 is 0 Å². The molecule has 0 aliphatic carbocycles. The summed E-state index contributed by atoms with van der Waals surface area (Å²) in [6.45, 7) is 3.49. The van der Waals surface area contributed by atoms with E-state index in [2.05, 4.69) is 16.0 Å². The van der Waals surface area contributed by atoms with Gasteiger partial charge in [0.1, 0.15) is 5.82 Å². The molecule has 3 rings (SSSR count). The second-order valence-corrected chi connectivity index (χ2v) is 5.24. The Kier molecular flexibility index (Phi) is 3.54. The highest BCUT2D eigenvalue weighted by Crippen LogP contribution is 2.27. The SMILES string of the molecule is C/C=C/C(=O)N1CCC(c2nc3ccccc3[nH]2)CC1. The first-order valence-electron chi connectivity index (χ1n) is 7.14. The number of carbonyl (C=O) groups excluding carboxylic acids is 1. The fraction of sp³-hybridized carbons (Fsp3) is 0.375. The van der Waals surface area contributed by atoms with Crippen LogP contribution in [0.25, 0.3) is 11.0 Å². The summed E-state index contributed by atoms with van der Waals surface area (Å²) in [7, 11) is 0. The number of rotatable bonds is 2. The number of para-hydroxylation sites is 2. The lowest BCUT2D eigenvalue weighted by atomic mass is 9.96. The van der Waals surface area contributed by atoms with Crippen LogP contribution in [0.3, 0.4) is 0 Å². The van der Waals surface area contributed by atoms with Gasteiger partial charge >= 0.3 is 0 Å². The molecule has 104 valence electrons. The summed E-state index contributed by atoms with van der Waals surface area (Å²) in [5.41, 5.74) is 2.12. The van der Waals surface area contributed by atoms with Gasteiger partial charge < -0.3 is 9.88 Å². The summed E-state index contributed by atoms with van der Waals surface area (Å²) in [4.78, 5) is 21.8. The lowest BCUT2D eigenvalue weighted by molar-refractivity contribution is -0.127. The normalized spacial score (nSPS) is 17.1. The highest BCUT2D eigenvalue weighted by atomic mass is 16.2. The molecule has 1 aromatic carbocycles. The Bertz CT molecular complexity index is 603. The summed E-state index contributed by atoms with van der Waals surface area (Å²) in [5, 5.41) is 0. The number of allylic oxidation sites excluding steroid dienone is 1. The van der Waals surface area contributed by atoms with E-state index in [1.54, 1.807) is 12.2 Å². The molecule has 2 heterocycles. The van der Waals surface area contributed by atoms with Gasteiger partial charge in [0.2, 0.25) is 5.91 Å². The Balaban J connectivity index is 1.70. The number of piperidine rings is 1. The number of aromatic amines is 1. The Morgan fingerprint density at radius 3 is 2.80 bits per heavy atom. The van der Waals surface area contributed by atoms with Gasteiger partial charge in [-0.25, -0.2) is 4.98 Å². The van der Waals surface area contributed by atoms with Crippen LogP contribution in [0.2, 0.25) is 0 Å². The summed E-state index contributed by atoms with van der Waals surface area (Å²) >= 11 is 0. The molecule has 0 bridgehead atoms. The zero-order valence-electron chi connectivity index (χ0n) is 11.7. The van der Waals surface area contributed by atoms with Crippen molar-refractivity contribution in [3.05, 3.63) is 42.2 Å². The monoisotopic (exact) mass is 269 g/mol. The van der Waals surface area contributed by atoms with E-state index in [1.165, 1.54) is 0 Å². The molecule has 1 aromatic heterocycles. The molecule has 1 N–H and O–H groups in total. The number of hydrogen-bond acceptors (Lipinski definition) is 2. The molecule has 0 spiro atoms. The van der Waals surface area contributed by atoms with Crippen molar-refractivity contribution in [3.63, 3.8) is 0 Å². The summed E-state index contributed by atoms with van der Waals surface area (Å²) < 4.78 is 0. The van der Waals surface area contributed by atoms with Gasteiger partial charge in [-0.05, 0) is 38.0 Å². The number of fused-ring (bicyclic) bond motifs is 1. The number of imidazole rings is 1. The third kappa shape index (κ3) is 2.46. The van der Waals surface area contributed by atoms with Crippen LogP contribution in [0.15, 0.2) is 36.4 Å². The van der Waals surface area contributed by atoms with E-state index in [0.29, 0.717) is 5.92 Å². The summed E-state index contributed by atoms with van der Waals surface area (Å²) in [5.74, 6) is 1.61. The smallest absolute Gasteiger partial charge is 0.246 e. The molecule has 20 heavy (non-hydrogen) atoms. The van der Waals surface area contributed by atoms with Gasteiger partial charge in [-0.15, -0.1) is 0 Å². The van der Waals surface area contributed by atoms with E-state index in [0.717, 1.165) is 42.8 Å². The molecule has 4 nitrogen and oxygen atoms in total. The zero-order chi connectivity index (χ0) is 13.9. The number of benzene rings is 1. The van der Waals surface area contributed by atoms with Crippen molar-refractivity contribution in [2.24, 2.45) is 0 Å². The van der Waals surface area contributed by atoms with Crippen molar-refractivity contribution in [3.8, 4) is 0 Å². The summed E-state index contributed by atoms with van der Waals surface area (Å²) in [6.07, 6.45) is 5.39. The van der Waals surface area contributed by atoms with Crippen LogP contribution in [-0.2, 0) is 4.79 Å². The standard InChI is InChI=1S/C16H19N3O/c1-2-5-15(20)19-10-8-12(9-11-19)16-17-13-6-3-4-7-14(13)18-16/h2-7,12H,8-11H2,1H3,(H,17,18)/b5-2+. The minimum atomic E-state index is 0.121. The summed E-state index contributed by atoms with van der Waals surface area (Å²) in [6, 6.07) is 8.10. The van der Waals surface area contributed by atoms with Crippen LogP contribution in [0.1, 0.15) is 31.5 Å². The Hall–Kier alpha value is -2.10. The first kappa shape index (κ1) is 12.9. The number of amides is 1. The molecule has 0 atom stereocenters. The van der Waals surface area contributed by atoms with Gasteiger partial charge in [-0.1, -0.05) is 18.2 Å². The lowest BCUT2D eigenvalue weighted by Gasteiger charge is -2.30. The second kappa shape index (κ2) is 5.49. The average Bonchev–Trinajstić information content (AvgIpc) is 2.91. The molecule has 0 unspecified atom stereocenters. The van der Waals surface area contributed by atoms with Crippen LogP contribution < -0.4 is 0 Å². The molecule has 1 fully saturated rings. The molecule has 1 saturated heterocycles. The topological polar surface area (TPSA) is 49.0 Å². The Labute approximate surface area is 118 Å². The van der Waals surface area contributed by atoms with Crippen molar-refractivity contribution in [2.45, 2.75) is 25.7 Å². The van der Waals surface area contributed by atoms with Gasteiger partial charge in [-0.3, -0.25) is 4.79 Å². The van der Waals surface area contributed by atoms with Crippen LogP contribution >= 0.6 is 0 Å². The van der Waals surface area contributed by atoms with Gasteiger partial charge in [0.25, 0.3) is 0 Å². The van der Waals surface area contributed by atoms with E-state index in [4.69, 9.17) is 0 Å². The van der Waals surface area contributed by atoms with Gasteiger partial charge in [0.15, 0.2) is 0 Å². The first-order valence-corrected chi connectivity index (χ1v) is 7.14. The number of nitrogens with zero attached hydrogens (tertiary/aromatic N) is 2. The van der Waals surface area contributed by atoms with E-state index in [9.17, 15) is 4.79 Å². The highest BCUT2D eigenvalue weighted by molar-refractivity contribution is 5.87. The predicted octanol–water partition coefficient (Wildman–Crippen LogP) is 2.85. The van der Waals surface area contributed by atoms with Crippen molar-refractivity contribution in [1.82, 2.24) is 14.9 Å². The van der Waals surface area contributed by atoms with Crippen molar-refractivity contribution >= 4 is 16.9 Å². The van der Waals surface area contributed by atoms with Gasteiger partial charge in [0.05, 0.1) is 11.0 Å². The zero-order valence-corrected chi connectivity index (χ0v) is 11.7. The minimum Gasteiger partial charge on any atom is -0.342 e. The van der Waals surface area contributed by atoms with E-state index in [1.807, 2.05) is 30.0 Å². The quantitative estimate of drug-likeness (QED) is 0.852. The number of nitrogens with one attached hydrogen (secondary N) is 1. The van der Waals surface area contributed by atoms with Crippen LogP contribution in [0.4, 0.5) is 0 Å². The fourth-order valence-corrected chi connectivity index (χ4v) is 2.79. The van der Waals surface area contributed by atoms with Gasteiger partial charge in [0, 0.05) is 19.0 Å². The second-order valence-electron chi connectivity index (χ2n) is 5.24. The van der Waals surface area contributed by atoms with Crippen LogP contribution in [0.5, 0.6) is 0 Å². The molecular weight excluding hydrogens is 250 g/mol. The Morgan fingerprint density at radius 2 is 2.10 bits per heavy atom. The van der Waals surface area contributed by atoms with Crippen LogP contribution in [0, 0.1) is 0 Å². The number of H-pyrrole nitrogens is 1. The number of likely N-dealkylation sites (tertiary alicyclic amines) is 1. The predicted molar refractivity (Wildman–Crippen MR) is 79.5 cm³/mol.